The van der Waals surface area contributed by atoms with E-state index in [1.165, 1.54) is 20.1 Å². The molecule has 1 unspecified atom stereocenters. The lowest BCUT2D eigenvalue weighted by Crippen LogP contribution is -2.34. The van der Waals surface area contributed by atoms with Crippen LogP contribution < -0.4 is 0 Å². The Hall–Kier alpha value is -1.16. The van der Waals surface area contributed by atoms with Gasteiger partial charge in [-0.25, -0.2) is 0 Å². The van der Waals surface area contributed by atoms with Crippen molar-refractivity contribution >= 4 is 11.8 Å². The fourth-order valence-electron chi connectivity index (χ4n) is 0.916. The average Bonchev–Trinajstić information content (AvgIpc) is 2.02. The summed E-state index contributed by atoms with van der Waals surface area (Å²) in [4.78, 5) is 21.8. The number of carbonyl (C=O) groups is 2. The number of Topliss-reactive ketones (excluding diaryl/α,β-unsaturated/α-hetero) is 1. The van der Waals surface area contributed by atoms with Gasteiger partial charge in [0.2, 0.25) is 0 Å². The zero-order chi connectivity index (χ0) is 11.2. The van der Waals surface area contributed by atoms with E-state index in [1.807, 2.05) is 0 Å². The highest BCUT2D eigenvalue weighted by atomic mass is 16.6. The van der Waals surface area contributed by atoms with Crippen LogP contribution in [0.2, 0.25) is 0 Å². The number of methoxy groups -OCH3 is 1. The Balaban J connectivity index is 4.23. The molecule has 0 aromatic heterocycles. The van der Waals surface area contributed by atoms with Crippen LogP contribution in [0.15, 0.2) is 12.7 Å². The quantitative estimate of drug-likeness (QED) is 0.366. The van der Waals surface area contributed by atoms with Crippen molar-refractivity contribution in [1.82, 2.24) is 0 Å². The molecule has 0 N–H and O–H groups in total. The van der Waals surface area contributed by atoms with E-state index in [9.17, 15) is 9.59 Å². The molecule has 0 bridgehead atoms. The number of ether oxygens (including phenoxy) is 2. The van der Waals surface area contributed by atoms with Gasteiger partial charge in [-0.2, -0.15) is 0 Å². The van der Waals surface area contributed by atoms with E-state index in [0.29, 0.717) is 0 Å². The molecular weight excluding hydrogens is 184 g/mol. The van der Waals surface area contributed by atoms with Crippen molar-refractivity contribution in [2.75, 3.05) is 13.7 Å². The summed E-state index contributed by atoms with van der Waals surface area (Å²) in [5.41, 5.74) is -0.860. The van der Waals surface area contributed by atoms with Gasteiger partial charge in [0.05, 0.1) is 6.61 Å². The molecule has 0 radical (unpaired) electrons. The average molecular weight is 200 g/mol. The van der Waals surface area contributed by atoms with Crippen molar-refractivity contribution in [2.45, 2.75) is 25.9 Å². The number of hydrogen-bond acceptors (Lipinski definition) is 4. The van der Waals surface area contributed by atoms with Gasteiger partial charge in [-0.05, 0) is 19.9 Å². The standard InChI is InChI=1S/C10H16O4/c1-5-10(3,7-13-4)14-9(12)6-8(2)11/h5H,1,6-7H2,2-4H3. The Kier molecular flexibility index (Phi) is 5.09. The van der Waals surface area contributed by atoms with Crippen LogP contribution >= 0.6 is 0 Å². The van der Waals surface area contributed by atoms with Crippen LogP contribution in [-0.4, -0.2) is 31.1 Å². The molecule has 0 aliphatic heterocycles. The zero-order valence-corrected chi connectivity index (χ0v) is 8.83. The minimum absolute atomic E-state index is 0.215. The zero-order valence-electron chi connectivity index (χ0n) is 8.83. The molecule has 0 saturated heterocycles. The van der Waals surface area contributed by atoms with Crippen LogP contribution in [0.25, 0.3) is 0 Å². The summed E-state index contributed by atoms with van der Waals surface area (Å²) in [6.07, 6.45) is 1.27. The maximum absolute atomic E-state index is 11.2. The molecule has 14 heavy (non-hydrogen) atoms. The van der Waals surface area contributed by atoms with Crippen LogP contribution in [0.4, 0.5) is 0 Å². The molecule has 1 atom stereocenters. The Morgan fingerprint density at radius 2 is 2.07 bits per heavy atom. The van der Waals surface area contributed by atoms with Crippen molar-refractivity contribution in [2.24, 2.45) is 0 Å². The highest BCUT2D eigenvalue weighted by Gasteiger charge is 2.25. The lowest BCUT2D eigenvalue weighted by molar-refractivity contribution is -0.158. The van der Waals surface area contributed by atoms with Gasteiger partial charge in [0, 0.05) is 7.11 Å². The first-order valence-electron chi connectivity index (χ1n) is 4.27. The second-order valence-corrected chi connectivity index (χ2v) is 3.30. The predicted molar refractivity (Wildman–Crippen MR) is 51.9 cm³/mol. The molecule has 0 aliphatic carbocycles. The molecular formula is C10H16O4. The normalized spacial score (nSPS) is 14.2. The van der Waals surface area contributed by atoms with Gasteiger partial charge < -0.3 is 9.47 Å². The van der Waals surface area contributed by atoms with Gasteiger partial charge in [-0.1, -0.05) is 6.58 Å². The van der Waals surface area contributed by atoms with E-state index >= 15 is 0 Å². The van der Waals surface area contributed by atoms with Gasteiger partial charge in [0.15, 0.2) is 5.60 Å². The number of carbonyl (C=O) groups excluding carboxylic acids is 2. The van der Waals surface area contributed by atoms with E-state index in [0.717, 1.165) is 0 Å². The molecule has 0 saturated carbocycles. The van der Waals surface area contributed by atoms with Crippen molar-refractivity contribution in [3.63, 3.8) is 0 Å². The SMILES string of the molecule is C=CC(C)(COC)OC(=O)CC(C)=O. The predicted octanol–water partition coefficient (Wildman–Crippen LogP) is 1.10. The smallest absolute Gasteiger partial charge is 0.314 e. The molecule has 4 heteroatoms. The fourth-order valence-corrected chi connectivity index (χ4v) is 0.916. The molecule has 0 spiro atoms. The number of esters is 1. The minimum Gasteiger partial charge on any atom is -0.452 e. The number of rotatable bonds is 6. The van der Waals surface area contributed by atoms with E-state index in [1.54, 1.807) is 6.92 Å². The van der Waals surface area contributed by atoms with Crippen LogP contribution in [0.3, 0.4) is 0 Å². The van der Waals surface area contributed by atoms with Crippen molar-refractivity contribution in [3.05, 3.63) is 12.7 Å². The summed E-state index contributed by atoms with van der Waals surface area (Å²) < 4.78 is 9.91. The summed E-state index contributed by atoms with van der Waals surface area (Å²) in [5.74, 6) is -0.782. The number of hydrogen-bond donors (Lipinski definition) is 0. The molecule has 0 aliphatic rings. The number of ketones is 1. The summed E-state index contributed by atoms with van der Waals surface area (Å²) in [5, 5.41) is 0. The van der Waals surface area contributed by atoms with Gasteiger partial charge in [-0.3, -0.25) is 9.59 Å². The van der Waals surface area contributed by atoms with Crippen molar-refractivity contribution in [1.29, 1.82) is 0 Å². The Bertz CT molecular complexity index is 234. The van der Waals surface area contributed by atoms with E-state index in [-0.39, 0.29) is 18.8 Å². The third kappa shape index (κ3) is 4.77. The highest BCUT2D eigenvalue weighted by molar-refractivity contribution is 5.94. The first-order chi connectivity index (χ1) is 6.43. The molecule has 0 heterocycles. The first-order valence-corrected chi connectivity index (χ1v) is 4.27. The second kappa shape index (κ2) is 5.54. The van der Waals surface area contributed by atoms with Gasteiger partial charge in [0.1, 0.15) is 12.2 Å². The lowest BCUT2D eigenvalue weighted by Gasteiger charge is -2.24. The van der Waals surface area contributed by atoms with E-state index in [2.05, 4.69) is 6.58 Å². The first kappa shape index (κ1) is 12.8. The van der Waals surface area contributed by atoms with E-state index in [4.69, 9.17) is 9.47 Å². The van der Waals surface area contributed by atoms with Crippen molar-refractivity contribution < 1.29 is 19.1 Å². The molecule has 0 fully saturated rings. The monoisotopic (exact) mass is 200 g/mol. The highest BCUT2D eigenvalue weighted by Crippen LogP contribution is 2.13. The maximum atomic E-state index is 11.2. The Morgan fingerprint density at radius 1 is 1.50 bits per heavy atom. The van der Waals surface area contributed by atoms with E-state index < -0.39 is 11.6 Å². The van der Waals surface area contributed by atoms with Gasteiger partial charge in [0.25, 0.3) is 0 Å². The summed E-state index contributed by atoms with van der Waals surface area (Å²) in [6, 6.07) is 0. The summed E-state index contributed by atoms with van der Waals surface area (Å²) >= 11 is 0. The molecule has 0 rings (SSSR count). The maximum Gasteiger partial charge on any atom is 0.314 e. The summed E-state index contributed by atoms with van der Waals surface area (Å²) in [7, 11) is 1.50. The fraction of sp³-hybridized carbons (Fsp3) is 0.600. The largest absolute Gasteiger partial charge is 0.452 e. The van der Waals surface area contributed by atoms with Crippen LogP contribution in [0.1, 0.15) is 20.3 Å². The second-order valence-electron chi connectivity index (χ2n) is 3.30. The molecule has 0 amide bonds. The van der Waals surface area contributed by atoms with Gasteiger partial charge >= 0.3 is 5.97 Å². The molecule has 80 valence electrons. The third-order valence-electron chi connectivity index (χ3n) is 1.60. The van der Waals surface area contributed by atoms with Crippen LogP contribution in [0.5, 0.6) is 0 Å². The molecule has 0 aromatic rings. The van der Waals surface area contributed by atoms with Crippen LogP contribution in [0, 0.1) is 0 Å². The van der Waals surface area contributed by atoms with Gasteiger partial charge in [-0.15, -0.1) is 0 Å². The third-order valence-corrected chi connectivity index (χ3v) is 1.60. The molecule has 0 aromatic carbocycles. The Labute approximate surface area is 83.9 Å². The van der Waals surface area contributed by atoms with Crippen LogP contribution in [-0.2, 0) is 19.1 Å². The topological polar surface area (TPSA) is 52.6 Å². The Morgan fingerprint density at radius 3 is 2.43 bits per heavy atom. The summed E-state index contributed by atoms with van der Waals surface area (Å²) in [6.45, 7) is 6.77. The van der Waals surface area contributed by atoms with Crippen molar-refractivity contribution in [3.8, 4) is 0 Å². The lowest BCUT2D eigenvalue weighted by atomic mass is 10.1. The minimum atomic E-state index is -0.860. The molecule has 4 nitrogen and oxygen atoms in total.